The Hall–Kier alpha value is -3.28. The van der Waals surface area contributed by atoms with E-state index in [4.69, 9.17) is 16.3 Å². The Morgan fingerprint density at radius 3 is 2.59 bits per heavy atom. The first-order valence-electron chi connectivity index (χ1n) is 14.1. The number of alkyl halides is 2. The van der Waals surface area contributed by atoms with E-state index < -0.39 is 30.3 Å². The van der Waals surface area contributed by atoms with Gasteiger partial charge < -0.3 is 19.6 Å². The molecule has 3 heterocycles. The first-order chi connectivity index (χ1) is 19.7. The summed E-state index contributed by atoms with van der Waals surface area (Å²) in [6, 6.07) is 2.80. The molecule has 3 atom stereocenters. The summed E-state index contributed by atoms with van der Waals surface area (Å²) >= 11 is 6.63. The average molecular weight is 594 g/mol. The normalized spacial score (nSPS) is 22.8. The maximum Gasteiger partial charge on any atom is 0.307 e. The molecule has 1 aromatic heterocycles. The molecule has 3 aliphatic rings. The lowest BCUT2D eigenvalue weighted by Crippen LogP contribution is -2.47. The molecule has 2 aliphatic heterocycles. The Kier molecular flexibility index (Phi) is 8.77. The van der Waals surface area contributed by atoms with E-state index in [-0.39, 0.29) is 29.8 Å². The van der Waals surface area contributed by atoms with Gasteiger partial charge in [0.15, 0.2) is 0 Å². The molecule has 0 bridgehead atoms. The fraction of sp³-hybridized carbons (Fsp3) is 0.607. The number of fused-ring (bicyclic) bond motifs is 1. The van der Waals surface area contributed by atoms with Crippen molar-refractivity contribution in [2.24, 2.45) is 18.9 Å². The number of carboxylic acid groups (broad SMARTS) is 1. The van der Waals surface area contributed by atoms with Crippen molar-refractivity contribution in [3.8, 4) is 5.75 Å². The zero-order valence-electron chi connectivity index (χ0n) is 22.9. The van der Waals surface area contributed by atoms with Crippen LogP contribution in [-0.4, -0.2) is 67.3 Å². The van der Waals surface area contributed by atoms with Gasteiger partial charge in [-0.15, -0.1) is 5.10 Å². The molecule has 41 heavy (non-hydrogen) atoms. The van der Waals surface area contributed by atoms with Gasteiger partial charge >= 0.3 is 5.97 Å². The second kappa shape index (κ2) is 12.3. The fourth-order valence-electron chi connectivity index (χ4n) is 6.55. The Labute approximate surface area is 241 Å². The number of carbonyl (C=O) groups excluding carboxylic acids is 2. The van der Waals surface area contributed by atoms with Crippen molar-refractivity contribution in [2.75, 3.05) is 19.6 Å². The van der Waals surface area contributed by atoms with Gasteiger partial charge in [-0.25, -0.2) is 13.5 Å². The lowest BCUT2D eigenvalue weighted by molar-refractivity contribution is -0.153. The van der Waals surface area contributed by atoms with E-state index in [1.165, 1.54) is 7.05 Å². The molecule has 2 aromatic rings. The summed E-state index contributed by atoms with van der Waals surface area (Å²) in [6.45, 7) is 1.12. The summed E-state index contributed by atoms with van der Waals surface area (Å²) in [5, 5.41) is 17.9. The topological polar surface area (TPSA) is 118 Å². The van der Waals surface area contributed by atoms with Crippen LogP contribution in [0, 0.1) is 11.8 Å². The van der Waals surface area contributed by atoms with Gasteiger partial charge in [-0.1, -0.05) is 29.7 Å². The number of hydrogen-bond acceptors (Lipinski definition) is 6. The minimum Gasteiger partial charge on any atom is -0.487 e. The van der Waals surface area contributed by atoms with Gasteiger partial charge in [-0.3, -0.25) is 14.4 Å². The number of rotatable bonds is 9. The quantitative estimate of drug-likeness (QED) is 0.460. The molecule has 1 aromatic carbocycles. The Morgan fingerprint density at radius 1 is 1.15 bits per heavy atom. The number of aryl methyl sites for hydroxylation is 1. The number of aromatic nitrogens is 3. The third kappa shape index (κ3) is 5.89. The molecule has 0 radical (unpaired) electrons. The summed E-state index contributed by atoms with van der Waals surface area (Å²) in [6.07, 6.45) is 1.79. The van der Waals surface area contributed by atoms with Crippen molar-refractivity contribution < 1.29 is 33.0 Å². The highest BCUT2D eigenvalue weighted by atomic mass is 35.5. The molecule has 0 spiro atoms. The van der Waals surface area contributed by atoms with Gasteiger partial charge in [-0.2, -0.15) is 0 Å². The molecule has 1 saturated carbocycles. The van der Waals surface area contributed by atoms with Gasteiger partial charge in [0.05, 0.1) is 17.9 Å². The first kappa shape index (κ1) is 29.2. The van der Waals surface area contributed by atoms with Crippen LogP contribution in [0.2, 0.25) is 5.02 Å². The largest absolute Gasteiger partial charge is 0.487 e. The van der Waals surface area contributed by atoms with Crippen LogP contribution in [0.5, 0.6) is 5.75 Å². The molecule has 1 saturated heterocycles. The number of carboxylic acids is 1. The third-order valence-electron chi connectivity index (χ3n) is 8.61. The molecule has 5 rings (SSSR count). The second-order valence-corrected chi connectivity index (χ2v) is 11.4. The van der Waals surface area contributed by atoms with Crippen molar-refractivity contribution in [3.63, 3.8) is 0 Å². The van der Waals surface area contributed by atoms with E-state index in [9.17, 15) is 28.3 Å². The molecular formula is C28H34ClF2N5O5. The zero-order chi connectivity index (χ0) is 29.3. The third-order valence-corrected chi connectivity index (χ3v) is 8.97. The lowest BCUT2D eigenvalue weighted by Gasteiger charge is -2.42. The van der Waals surface area contributed by atoms with Crippen LogP contribution in [0.15, 0.2) is 12.1 Å². The molecule has 13 heteroatoms. The smallest absolute Gasteiger partial charge is 0.307 e. The predicted octanol–water partition coefficient (Wildman–Crippen LogP) is 4.31. The van der Waals surface area contributed by atoms with Crippen LogP contribution in [-0.2, 0) is 34.5 Å². The summed E-state index contributed by atoms with van der Waals surface area (Å²) in [4.78, 5) is 42.0. The summed E-state index contributed by atoms with van der Waals surface area (Å²) in [5.41, 5.74) is 1.11. The standard InChI is InChI=1S/C28H34ClF2N5O5/c1-34-25(26(30)31)20(32-33-34)15-41-22-9-8-19(29)18-10-14-36(27(38)16-5-2-3-6-17(16)28(39)40)21(24(18)22)11-13-35-12-4-7-23(35)37/h8-9,16-17,21,26H,2-7,10-15H2,1H3,(H,39,40)/t16-,17+,21-/m1/s1. The molecule has 10 nitrogen and oxygen atoms in total. The molecule has 2 fully saturated rings. The van der Waals surface area contributed by atoms with Crippen LogP contribution in [0.1, 0.15) is 79.9 Å². The zero-order valence-corrected chi connectivity index (χ0v) is 23.7. The van der Waals surface area contributed by atoms with Crippen LogP contribution >= 0.6 is 11.6 Å². The maximum atomic E-state index is 14.1. The van der Waals surface area contributed by atoms with E-state index in [0.29, 0.717) is 68.1 Å². The summed E-state index contributed by atoms with van der Waals surface area (Å²) in [5.74, 6) is -2.15. The van der Waals surface area contributed by atoms with Gasteiger partial charge in [-0.05, 0) is 49.8 Å². The number of halogens is 3. The Morgan fingerprint density at radius 2 is 1.90 bits per heavy atom. The number of amides is 2. The van der Waals surface area contributed by atoms with Crippen LogP contribution in [0.25, 0.3) is 0 Å². The molecular weight excluding hydrogens is 560 g/mol. The van der Waals surface area contributed by atoms with Crippen LogP contribution in [0.3, 0.4) is 0 Å². The van der Waals surface area contributed by atoms with E-state index >= 15 is 0 Å². The van der Waals surface area contributed by atoms with Crippen LogP contribution in [0.4, 0.5) is 8.78 Å². The molecule has 2 amide bonds. The van der Waals surface area contributed by atoms with Gasteiger partial charge in [0.1, 0.15) is 23.7 Å². The number of carbonyl (C=O) groups is 3. The lowest BCUT2D eigenvalue weighted by atomic mass is 9.77. The van der Waals surface area contributed by atoms with E-state index in [1.807, 2.05) is 0 Å². The molecule has 222 valence electrons. The number of likely N-dealkylation sites (tertiary alicyclic amines) is 1. The predicted molar refractivity (Wildman–Crippen MR) is 143 cm³/mol. The van der Waals surface area contributed by atoms with Gasteiger partial charge in [0.2, 0.25) is 11.8 Å². The van der Waals surface area contributed by atoms with Crippen molar-refractivity contribution in [2.45, 2.75) is 70.4 Å². The fourth-order valence-corrected chi connectivity index (χ4v) is 6.81. The molecule has 0 unspecified atom stereocenters. The van der Waals surface area contributed by atoms with Crippen molar-refractivity contribution in [1.82, 2.24) is 24.8 Å². The highest BCUT2D eigenvalue weighted by Crippen LogP contribution is 2.44. The highest BCUT2D eigenvalue weighted by Gasteiger charge is 2.42. The van der Waals surface area contributed by atoms with Crippen molar-refractivity contribution in [3.05, 3.63) is 39.7 Å². The van der Waals surface area contributed by atoms with E-state index in [1.54, 1.807) is 21.9 Å². The van der Waals surface area contributed by atoms with Crippen molar-refractivity contribution in [1.29, 1.82) is 0 Å². The molecule has 1 N–H and O–H groups in total. The summed E-state index contributed by atoms with van der Waals surface area (Å²) < 4.78 is 34.4. The van der Waals surface area contributed by atoms with Gasteiger partial charge in [0, 0.05) is 43.7 Å². The average Bonchev–Trinajstić information content (AvgIpc) is 3.55. The Balaban J connectivity index is 1.49. The number of aliphatic carboxylic acids is 1. The highest BCUT2D eigenvalue weighted by molar-refractivity contribution is 6.31. The van der Waals surface area contributed by atoms with E-state index in [2.05, 4.69) is 10.3 Å². The summed E-state index contributed by atoms with van der Waals surface area (Å²) in [7, 11) is 1.39. The minimum absolute atomic E-state index is 0.000612. The van der Waals surface area contributed by atoms with Crippen molar-refractivity contribution >= 4 is 29.4 Å². The van der Waals surface area contributed by atoms with Gasteiger partial charge in [0.25, 0.3) is 6.43 Å². The monoisotopic (exact) mass is 593 g/mol. The minimum atomic E-state index is -2.79. The number of hydrogen-bond donors (Lipinski definition) is 1. The maximum absolute atomic E-state index is 14.1. The molecule has 1 aliphatic carbocycles. The Bertz CT molecular complexity index is 1320. The SMILES string of the molecule is Cn1nnc(COc2ccc(Cl)c3c2[C@@H](CCN2CCCC2=O)N(C(=O)[C@@H]2CCCC[C@@H]2C(=O)O)CC3)c1C(F)F. The number of benzene rings is 1. The first-order valence-corrected chi connectivity index (χ1v) is 14.5. The number of ether oxygens (including phenoxy) is 1. The number of nitrogens with zero attached hydrogens (tertiary/aromatic N) is 5. The van der Waals surface area contributed by atoms with E-state index in [0.717, 1.165) is 29.5 Å². The second-order valence-electron chi connectivity index (χ2n) is 11.0. The van der Waals surface area contributed by atoms with Crippen LogP contribution < -0.4 is 4.74 Å².